The van der Waals surface area contributed by atoms with Gasteiger partial charge in [-0.3, -0.25) is 4.79 Å². The molecule has 0 spiro atoms. The Labute approximate surface area is 151 Å². The van der Waals surface area contributed by atoms with Crippen LogP contribution in [-0.4, -0.2) is 23.8 Å². The molecule has 25 heavy (non-hydrogen) atoms. The smallest absolute Gasteiger partial charge is 0.405 e. The first kappa shape index (κ1) is 23.0. The number of benzene rings is 1. The number of ether oxygens (including phenoxy) is 2. The molecule has 1 aromatic carbocycles. The van der Waals surface area contributed by atoms with E-state index in [2.05, 4.69) is 23.8 Å². The summed E-state index contributed by atoms with van der Waals surface area (Å²) in [6, 6.07) is 10.4. The standard InChI is InChI=1S/C15H22O2.C5H11NO2/c1-4-13(14-8-6-5-7-9-14)10-11-15(16)17-12(2)3;1-5(2,3)8-4(6)7/h5-9,12-13H,4,10-11H2,1-3H3;1-3H3,(H2,6,7)/t13-;/m0./s1. The molecule has 0 aliphatic heterocycles. The Kier molecular flexibility index (Phi) is 10.6. The summed E-state index contributed by atoms with van der Waals surface area (Å²) in [5.41, 5.74) is 5.58. The van der Waals surface area contributed by atoms with Gasteiger partial charge in [-0.1, -0.05) is 37.3 Å². The van der Waals surface area contributed by atoms with Gasteiger partial charge in [0.1, 0.15) is 5.60 Å². The van der Waals surface area contributed by atoms with Crippen molar-refractivity contribution >= 4 is 12.1 Å². The van der Waals surface area contributed by atoms with Gasteiger partial charge in [-0.25, -0.2) is 4.79 Å². The van der Waals surface area contributed by atoms with E-state index in [1.165, 1.54) is 5.56 Å². The highest BCUT2D eigenvalue weighted by atomic mass is 16.6. The second-order valence-corrected chi connectivity index (χ2v) is 7.13. The summed E-state index contributed by atoms with van der Waals surface area (Å²) < 4.78 is 9.72. The fraction of sp³-hybridized carbons (Fsp3) is 0.600. The maximum atomic E-state index is 11.5. The Balaban J connectivity index is 0.000000609. The van der Waals surface area contributed by atoms with Crippen LogP contribution >= 0.6 is 0 Å². The lowest BCUT2D eigenvalue weighted by Crippen LogP contribution is -2.27. The Hall–Kier alpha value is -2.04. The van der Waals surface area contributed by atoms with Crippen LogP contribution in [0.15, 0.2) is 30.3 Å². The van der Waals surface area contributed by atoms with Crippen LogP contribution in [0.1, 0.15) is 72.3 Å². The summed E-state index contributed by atoms with van der Waals surface area (Å²) in [7, 11) is 0. The Morgan fingerprint density at radius 3 is 2.04 bits per heavy atom. The highest BCUT2D eigenvalue weighted by molar-refractivity contribution is 5.69. The van der Waals surface area contributed by atoms with E-state index in [4.69, 9.17) is 10.5 Å². The zero-order valence-electron chi connectivity index (χ0n) is 16.4. The molecular formula is C20H33NO4. The molecular weight excluding hydrogens is 318 g/mol. The van der Waals surface area contributed by atoms with E-state index in [1.807, 2.05) is 32.0 Å². The summed E-state index contributed by atoms with van der Waals surface area (Å²) in [6.07, 6.45) is 1.69. The van der Waals surface area contributed by atoms with E-state index in [0.29, 0.717) is 12.3 Å². The zero-order chi connectivity index (χ0) is 19.5. The van der Waals surface area contributed by atoms with Crippen molar-refractivity contribution in [3.05, 3.63) is 35.9 Å². The molecule has 0 saturated carbocycles. The second kappa shape index (κ2) is 11.5. The van der Waals surface area contributed by atoms with E-state index in [0.717, 1.165) is 12.8 Å². The minimum Gasteiger partial charge on any atom is -0.463 e. The van der Waals surface area contributed by atoms with Crippen molar-refractivity contribution in [3.8, 4) is 0 Å². The van der Waals surface area contributed by atoms with Crippen LogP contribution in [0.4, 0.5) is 4.79 Å². The molecule has 0 fully saturated rings. The molecule has 0 aromatic heterocycles. The monoisotopic (exact) mass is 351 g/mol. The molecule has 1 rings (SSSR count). The van der Waals surface area contributed by atoms with Crippen molar-refractivity contribution in [2.75, 3.05) is 0 Å². The van der Waals surface area contributed by atoms with Crippen LogP contribution in [0.25, 0.3) is 0 Å². The Bertz CT molecular complexity index is 506. The highest BCUT2D eigenvalue weighted by Gasteiger charge is 2.13. The molecule has 5 heteroatoms. The zero-order valence-corrected chi connectivity index (χ0v) is 16.4. The maximum Gasteiger partial charge on any atom is 0.405 e. The fourth-order valence-corrected chi connectivity index (χ4v) is 2.25. The molecule has 5 nitrogen and oxygen atoms in total. The van der Waals surface area contributed by atoms with Crippen molar-refractivity contribution in [1.29, 1.82) is 0 Å². The number of carbonyl (C=O) groups is 2. The molecule has 1 aromatic rings. The first-order chi connectivity index (χ1) is 11.5. The number of primary amides is 1. The summed E-state index contributed by atoms with van der Waals surface area (Å²) >= 11 is 0. The average molecular weight is 351 g/mol. The third-order valence-electron chi connectivity index (χ3n) is 3.23. The second-order valence-electron chi connectivity index (χ2n) is 7.13. The quantitative estimate of drug-likeness (QED) is 0.747. The van der Waals surface area contributed by atoms with Gasteiger partial charge in [0.05, 0.1) is 6.10 Å². The minimum absolute atomic E-state index is 0.0145. The number of hydrogen-bond donors (Lipinski definition) is 1. The molecule has 0 radical (unpaired) electrons. The van der Waals surface area contributed by atoms with Gasteiger partial charge < -0.3 is 15.2 Å². The van der Waals surface area contributed by atoms with Crippen LogP contribution < -0.4 is 5.73 Å². The van der Waals surface area contributed by atoms with Crippen LogP contribution in [0.2, 0.25) is 0 Å². The fourth-order valence-electron chi connectivity index (χ4n) is 2.25. The lowest BCUT2D eigenvalue weighted by atomic mass is 9.92. The largest absolute Gasteiger partial charge is 0.463 e. The summed E-state index contributed by atoms with van der Waals surface area (Å²) in [6.45, 7) is 11.2. The van der Waals surface area contributed by atoms with E-state index in [-0.39, 0.29) is 12.1 Å². The van der Waals surface area contributed by atoms with E-state index < -0.39 is 11.7 Å². The van der Waals surface area contributed by atoms with Gasteiger partial charge >= 0.3 is 12.1 Å². The number of carbonyl (C=O) groups excluding carboxylic acids is 2. The topological polar surface area (TPSA) is 78.6 Å². The number of nitrogens with two attached hydrogens (primary N) is 1. The predicted octanol–water partition coefficient (Wildman–Crippen LogP) is 4.79. The van der Waals surface area contributed by atoms with Crippen molar-refractivity contribution in [3.63, 3.8) is 0 Å². The van der Waals surface area contributed by atoms with Gasteiger partial charge in [-0.2, -0.15) is 0 Å². The number of amides is 1. The summed E-state index contributed by atoms with van der Waals surface area (Å²) in [5.74, 6) is 0.366. The van der Waals surface area contributed by atoms with Gasteiger partial charge in [0, 0.05) is 6.42 Å². The van der Waals surface area contributed by atoms with Crippen LogP contribution in [0.3, 0.4) is 0 Å². The van der Waals surface area contributed by atoms with Crippen molar-refractivity contribution < 1.29 is 19.1 Å². The first-order valence-electron chi connectivity index (χ1n) is 8.78. The SMILES string of the molecule is CC(C)(C)OC(N)=O.CC[C@@H](CCC(=O)OC(C)C)c1ccccc1. The molecule has 142 valence electrons. The van der Waals surface area contributed by atoms with Crippen molar-refractivity contribution in [1.82, 2.24) is 0 Å². The normalized spacial score (nSPS) is 12.0. The van der Waals surface area contributed by atoms with Crippen molar-refractivity contribution in [2.45, 2.75) is 78.4 Å². The van der Waals surface area contributed by atoms with Gasteiger partial charge in [0.15, 0.2) is 0 Å². The number of rotatable bonds is 6. The van der Waals surface area contributed by atoms with Crippen molar-refractivity contribution in [2.24, 2.45) is 5.73 Å². The third-order valence-corrected chi connectivity index (χ3v) is 3.23. The lowest BCUT2D eigenvalue weighted by Gasteiger charge is -2.16. The molecule has 0 bridgehead atoms. The Morgan fingerprint density at radius 1 is 1.12 bits per heavy atom. The van der Waals surface area contributed by atoms with E-state index in [1.54, 1.807) is 20.8 Å². The summed E-state index contributed by atoms with van der Waals surface area (Å²) in [4.78, 5) is 21.5. The van der Waals surface area contributed by atoms with Gasteiger partial charge in [0.25, 0.3) is 0 Å². The molecule has 0 saturated heterocycles. The molecule has 2 N–H and O–H groups in total. The number of esters is 1. The molecule has 0 heterocycles. The first-order valence-corrected chi connectivity index (χ1v) is 8.78. The molecule has 1 amide bonds. The highest BCUT2D eigenvalue weighted by Crippen LogP contribution is 2.24. The molecule has 0 aliphatic carbocycles. The van der Waals surface area contributed by atoms with Gasteiger partial charge in [0.2, 0.25) is 0 Å². The summed E-state index contributed by atoms with van der Waals surface area (Å²) in [5, 5.41) is 0. The van der Waals surface area contributed by atoms with E-state index >= 15 is 0 Å². The van der Waals surface area contributed by atoms with Crippen LogP contribution in [0, 0.1) is 0 Å². The predicted molar refractivity (Wildman–Crippen MR) is 100 cm³/mol. The number of hydrogen-bond acceptors (Lipinski definition) is 4. The third kappa shape index (κ3) is 13.0. The Morgan fingerprint density at radius 2 is 1.68 bits per heavy atom. The van der Waals surface area contributed by atoms with Gasteiger partial charge in [-0.15, -0.1) is 0 Å². The van der Waals surface area contributed by atoms with Crippen LogP contribution in [0.5, 0.6) is 0 Å². The maximum absolute atomic E-state index is 11.5. The van der Waals surface area contributed by atoms with E-state index in [9.17, 15) is 9.59 Å². The molecule has 0 unspecified atom stereocenters. The van der Waals surface area contributed by atoms with Gasteiger partial charge in [-0.05, 0) is 58.9 Å². The molecule has 0 aliphatic rings. The minimum atomic E-state index is -0.725. The average Bonchev–Trinajstić information content (AvgIpc) is 2.46. The van der Waals surface area contributed by atoms with Crippen LogP contribution in [-0.2, 0) is 14.3 Å². The lowest BCUT2D eigenvalue weighted by molar-refractivity contribution is -0.147. The molecule has 1 atom stereocenters.